The summed E-state index contributed by atoms with van der Waals surface area (Å²) in [4.78, 5) is 4.31. The summed E-state index contributed by atoms with van der Waals surface area (Å²) in [6.07, 6.45) is 1.94. The van der Waals surface area contributed by atoms with Crippen molar-refractivity contribution in [3.05, 3.63) is 42.5 Å². The molecule has 0 amide bonds. The molecule has 0 aliphatic rings. The Hall–Kier alpha value is -2.01. The summed E-state index contributed by atoms with van der Waals surface area (Å²) in [5.41, 5.74) is 1.05. The zero-order chi connectivity index (χ0) is 12.4. The SMILES string of the molecule is CSc1n[nH]c(-c2ccc(-c3ccccc3)o2)n1. The van der Waals surface area contributed by atoms with Crippen LogP contribution >= 0.6 is 11.8 Å². The Kier molecular flexibility index (Phi) is 2.90. The molecule has 4 nitrogen and oxygen atoms in total. The van der Waals surface area contributed by atoms with Crippen LogP contribution in [0.1, 0.15) is 0 Å². The topological polar surface area (TPSA) is 54.7 Å². The molecule has 18 heavy (non-hydrogen) atoms. The number of rotatable bonds is 3. The van der Waals surface area contributed by atoms with Crippen molar-refractivity contribution in [2.45, 2.75) is 5.16 Å². The second kappa shape index (κ2) is 4.70. The van der Waals surface area contributed by atoms with E-state index < -0.39 is 0 Å². The van der Waals surface area contributed by atoms with Crippen molar-refractivity contribution in [1.29, 1.82) is 0 Å². The van der Waals surface area contributed by atoms with Gasteiger partial charge in [0.2, 0.25) is 5.16 Å². The van der Waals surface area contributed by atoms with E-state index in [-0.39, 0.29) is 0 Å². The molecule has 0 radical (unpaired) electrons. The molecule has 1 aromatic carbocycles. The summed E-state index contributed by atoms with van der Waals surface area (Å²) in [5, 5.41) is 7.63. The molecule has 0 atom stereocenters. The lowest BCUT2D eigenvalue weighted by molar-refractivity contribution is 0.592. The summed E-state index contributed by atoms with van der Waals surface area (Å²) < 4.78 is 5.77. The molecule has 2 heterocycles. The van der Waals surface area contributed by atoms with Gasteiger partial charge in [0.25, 0.3) is 0 Å². The lowest BCUT2D eigenvalue weighted by Gasteiger charge is -1.94. The maximum atomic E-state index is 5.77. The third kappa shape index (κ3) is 2.04. The average molecular weight is 257 g/mol. The quantitative estimate of drug-likeness (QED) is 0.730. The summed E-state index contributed by atoms with van der Waals surface area (Å²) in [5.74, 6) is 2.18. The first-order valence-electron chi connectivity index (χ1n) is 5.49. The molecule has 90 valence electrons. The largest absolute Gasteiger partial charge is 0.453 e. The fourth-order valence-corrected chi connectivity index (χ4v) is 1.99. The molecular formula is C13H11N3OS. The normalized spacial score (nSPS) is 10.7. The third-order valence-corrected chi connectivity index (χ3v) is 3.09. The summed E-state index contributed by atoms with van der Waals surface area (Å²) in [6.45, 7) is 0. The van der Waals surface area contributed by atoms with Crippen LogP contribution in [0, 0.1) is 0 Å². The molecule has 0 spiro atoms. The number of thioether (sulfide) groups is 1. The van der Waals surface area contributed by atoms with Gasteiger partial charge in [0.1, 0.15) is 5.76 Å². The molecular weight excluding hydrogens is 246 g/mol. The van der Waals surface area contributed by atoms with E-state index >= 15 is 0 Å². The molecule has 0 aliphatic heterocycles. The van der Waals surface area contributed by atoms with Crippen molar-refractivity contribution in [2.24, 2.45) is 0 Å². The van der Waals surface area contributed by atoms with E-state index in [1.54, 1.807) is 0 Å². The molecule has 3 aromatic rings. The van der Waals surface area contributed by atoms with Crippen molar-refractivity contribution in [2.75, 3.05) is 6.26 Å². The van der Waals surface area contributed by atoms with Gasteiger partial charge in [0.15, 0.2) is 11.6 Å². The van der Waals surface area contributed by atoms with E-state index in [1.165, 1.54) is 11.8 Å². The van der Waals surface area contributed by atoms with Crippen LogP contribution < -0.4 is 0 Å². The van der Waals surface area contributed by atoms with Crippen LogP contribution in [0.3, 0.4) is 0 Å². The van der Waals surface area contributed by atoms with Crippen molar-refractivity contribution >= 4 is 11.8 Å². The number of furan rings is 1. The number of hydrogen-bond acceptors (Lipinski definition) is 4. The van der Waals surface area contributed by atoms with Crippen molar-refractivity contribution < 1.29 is 4.42 Å². The van der Waals surface area contributed by atoms with Crippen LogP contribution in [0.5, 0.6) is 0 Å². The van der Waals surface area contributed by atoms with Gasteiger partial charge in [-0.1, -0.05) is 42.1 Å². The van der Waals surface area contributed by atoms with Crippen molar-refractivity contribution in [1.82, 2.24) is 15.2 Å². The molecule has 5 heteroatoms. The van der Waals surface area contributed by atoms with E-state index in [0.717, 1.165) is 11.3 Å². The Balaban J connectivity index is 1.94. The van der Waals surface area contributed by atoms with Crippen LogP contribution in [0.2, 0.25) is 0 Å². The van der Waals surface area contributed by atoms with Gasteiger partial charge in [-0.2, -0.15) is 4.98 Å². The minimum absolute atomic E-state index is 0.654. The number of aromatic amines is 1. The highest BCUT2D eigenvalue weighted by molar-refractivity contribution is 7.98. The zero-order valence-corrected chi connectivity index (χ0v) is 10.6. The number of hydrogen-bond donors (Lipinski definition) is 1. The highest BCUT2D eigenvalue weighted by atomic mass is 32.2. The summed E-state index contributed by atoms with van der Waals surface area (Å²) in [7, 11) is 0. The van der Waals surface area contributed by atoms with Crippen LogP contribution in [-0.4, -0.2) is 21.4 Å². The van der Waals surface area contributed by atoms with Gasteiger partial charge in [-0.15, -0.1) is 5.10 Å². The van der Waals surface area contributed by atoms with Crippen LogP contribution in [0.25, 0.3) is 22.9 Å². The van der Waals surface area contributed by atoms with Gasteiger partial charge in [-0.25, -0.2) is 0 Å². The minimum Gasteiger partial charge on any atom is -0.453 e. The number of H-pyrrole nitrogens is 1. The van der Waals surface area contributed by atoms with Crippen molar-refractivity contribution in [3.8, 4) is 22.9 Å². The van der Waals surface area contributed by atoms with Gasteiger partial charge < -0.3 is 4.42 Å². The maximum absolute atomic E-state index is 5.77. The lowest BCUT2D eigenvalue weighted by Crippen LogP contribution is -1.76. The van der Waals surface area contributed by atoms with Gasteiger partial charge in [0, 0.05) is 5.56 Å². The van der Waals surface area contributed by atoms with Crippen LogP contribution in [0.4, 0.5) is 0 Å². The Morgan fingerprint density at radius 2 is 1.83 bits per heavy atom. The summed E-state index contributed by atoms with van der Waals surface area (Å²) in [6, 6.07) is 13.8. The smallest absolute Gasteiger partial charge is 0.208 e. The molecule has 0 bridgehead atoms. The molecule has 0 unspecified atom stereocenters. The van der Waals surface area contributed by atoms with Crippen LogP contribution in [0.15, 0.2) is 52.0 Å². The molecule has 0 fully saturated rings. The molecule has 2 aromatic heterocycles. The standard InChI is InChI=1S/C13H11N3OS/c1-18-13-14-12(15-16-13)11-8-7-10(17-11)9-5-3-2-4-6-9/h2-8H,1H3,(H,14,15,16). The van der Waals surface area contributed by atoms with Crippen LogP contribution in [-0.2, 0) is 0 Å². The Morgan fingerprint density at radius 3 is 2.56 bits per heavy atom. The Labute approximate surface area is 108 Å². The third-order valence-electron chi connectivity index (χ3n) is 2.55. The highest BCUT2D eigenvalue weighted by Gasteiger charge is 2.10. The van der Waals surface area contributed by atoms with E-state index in [9.17, 15) is 0 Å². The monoisotopic (exact) mass is 257 g/mol. The van der Waals surface area contributed by atoms with Gasteiger partial charge in [-0.3, -0.25) is 5.10 Å². The number of aromatic nitrogens is 3. The van der Waals surface area contributed by atoms with E-state index in [1.807, 2.05) is 48.7 Å². The minimum atomic E-state index is 0.654. The number of nitrogens with zero attached hydrogens (tertiary/aromatic N) is 2. The molecule has 0 aliphatic carbocycles. The lowest BCUT2D eigenvalue weighted by atomic mass is 10.2. The molecule has 1 N–H and O–H groups in total. The fraction of sp³-hybridized carbons (Fsp3) is 0.0769. The van der Waals surface area contributed by atoms with E-state index in [0.29, 0.717) is 16.7 Å². The van der Waals surface area contributed by atoms with E-state index in [2.05, 4.69) is 15.2 Å². The second-order valence-corrected chi connectivity index (χ2v) is 4.47. The number of nitrogens with one attached hydrogen (secondary N) is 1. The maximum Gasteiger partial charge on any atom is 0.208 e. The first-order valence-corrected chi connectivity index (χ1v) is 6.71. The Bertz CT molecular complexity index is 645. The molecule has 3 rings (SSSR count). The molecule has 0 saturated heterocycles. The van der Waals surface area contributed by atoms with Gasteiger partial charge in [-0.05, 0) is 18.4 Å². The zero-order valence-electron chi connectivity index (χ0n) is 9.75. The number of benzene rings is 1. The first-order chi connectivity index (χ1) is 8.86. The highest BCUT2D eigenvalue weighted by Crippen LogP contribution is 2.26. The second-order valence-electron chi connectivity index (χ2n) is 3.70. The van der Waals surface area contributed by atoms with Gasteiger partial charge in [0.05, 0.1) is 0 Å². The summed E-state index contributed by atoms with van der Waals surface area (Å²) >= 11 is 1.49. The average Bonchev–Trinajstić information content (AvgIpc) is 3.08. The first kappa shape index (κ1) is 11.1. The van der Waals surface area contributed by atoms with Gasteiger partial charge >= 0.3 is 0 Å². The van der Waals surface area contributed by atoms with E-state index in [4.69, 9.17) is 4.42 Å². The fourth-order valence-electron chi connectivity index (χ4n) is 1.67. The predicted molar refractivity (Wildman–Crippen MR) is 71.3 cm³/mol. The Morgan fingerprint density at radius 1 is 1.06 bits per heavy atom. The van der Waals surface area contributed by atoms with Crippen molar-refractivity contribution in [3.63, 3.8) is 0 Å². The molecule has 0 saturated carbocycles. The predicted octanol–water partition coefficient (Wildman–Crippen LogP) is 3.45.